The highest BCUT2D eigenvalue weighted by molar-refractivity contribution is 5.69. The molecule has 0 radical (unpaired) electrons. The van der Waals surface area contributed by atoms with Gasteiger partial charge in [-0.25, -0.2) is 0 Å². The van der Waals surface area contributed by atoms with Crippen LogP contribution in [-0.4, -0.2) is 24.3 Å². The van der Waals surface area contributed by atoms with Gasteiger partial charge in [0.2, 0.25) is 0 Å². The van der Waals surface area contributed by atoms with Crippen LogP contribution in [0.4, 0.5) is 0 Å². The van der Waals surface area contributed by atoms with Gasteiger partial charge >= 0.3 is 5.97 Å². The molecular formula is C23H34O3. The summed E-state index contributed by atoms with van der Waals surface area (Å²) in [6.07, 6.45) is 16.6. The Morgan fingerprint density at radius 2 is 1.81 bits per heavy atom. The molecule has 0 bridgehead atoms. The van der Waals surface area contributed by atoms with Gasteiger partial charge in [-0.2, -0.15) is 0 Å². The summed E-state index contributed by atoms with van der Waals surface area (Å²) in [5.41, 5.74) is 2.29. The minimum absolute atomic E-state index is 0.189. The summed E-state index contributed by atoms with van der Waals surface area (Å²) in [6, 6.07) is 8.22. The van der Waals surface area contributed by atoms with Crippen molar-refractivity contribution < 1.29 is 14.6 Å². The van der Waals surface area contributed by atoms with Crippen LogP contribution in [0, 0.1) is 0 Å². The first-order chi connectivity index (χ1) is 12.7. The lowest BCUT2D eigenvalue weighted by Crippen LogP contribution is -2.04. The van der Waals surface area contributed by atoms with E-state index < -0.39 is 6.10 Å². The molecule has 0 unspecified atom stereocenters. The number of allylic oxidation sites excluding steroid dienone is 1. The lowest BCUT2D eigenvalue weighted by Gasteiger charge is -2.06. The first-order valence-corrected chi connectivity index (χ1v) is 9.86. The van der Waals surface area contributed by atoms with Crippen molar-refractivity contribution in [3.05, 3.63) is 47.5 Å². The highest BCUT2D eigenvalue weighted by Gasteiger charge is 2.03. The summed E-state index contributed by atoms with van der Waals surface area (Å²) in [6.45, 7) is 2.23. The fraction of sp³-hybridized carbons (Fsp3) is 0.522. The number of carbonyl (C=O) groups excluding carboxylic acids is 1. The van der Waals surface area contributed by atoms with Crippen LogP contribution in [0.3, 0.4) is 0 Å². The van der Waals surface area contributed by atoms with Crippen LogP contribution in [0.1, 0.15) is 75.8 Å². The largest absolute Gasteiger partial charge is 0.469 e. The van der Waals surface area contributed by atoms with Crippen molar-refractivity contribution in [2.24, 2.45) is 0 Å². The van der Waals surface area contributed by atoms with E-state index in [-0.39, 0.29) is 5.97 Å². The number of hydrogen-bond donors (Lipinski definition) is 1. The predicted octanol–water partition coefficient (Wildman–Crippen LogP) is 5.78. The summed E-state index contributed by atoms with van der Waals surface area (Å²) in [5, 5.41) is 10.1. The number of ether oxygens (including phenoxy) is 1. The molecule has 3 heteroatoms. The summed E-state index contributed by atoms with van der Waals surface area (Å²) in [5.74, 6) is -0.189. The van der Waals surface area contributed by atoms with Gasteiger partial charge in [0.1, 0.15) is 0 Å². The molecule has 1 rings (SSSR count). The molecule has 0 fully saturated rings. The average Bonchev–Trinajstić information content (AvgIpc) is 2.66. The topological polar surface area (TPSA) is 46.5 Å². The molecule has 144 valence electrons. The Bertz CT molecular complexity index is 560. The molecule has 0 aliphatic carbocycles. The molecule has 0 aliphatic heterocycles. The molecule has 1 N–H and O–H groups in total. The maximum Gasteiger partial charge on any atom is 0.305 e. The zero-order chi connectivity index (χ0) is 19.0. The molecule has 0 aliphatic rings. The van der Waals surface area contributed by atoms with Crippen molar-refractivity contribution >= 4 is 18.1 Å². The molecule has 1 atom stereocenters. The zero-order valence-corrected chi connectivity index (χ0v) is 16.3. The Hall–Kier alpha value is -1.87. The van der Waals surface area contributed by atoms with E-state index in [9.17, 15) is 9.90 Å². The Labute approximate surface area is 158 Å². The Morgan fingerprint density at radius 1 is 1.08 bits per heavy atom. The summed E-state index contributed by atoms with van der Waals surface area (Å²) >= 11 is 0. The normalized spacial score (nSPS) is 12.7. The molecule has 1 aromatic carbocycles. The minimum atomic E-state index is -0.487. The first-order valence-electron chi connectivity index (χ1n) is 9.86. The van der Waals surface area contributed by atoms with Crippen LogP contribution in [0.15, 0.2) is 36.4 Å². The molecule has 0 saturated carbocycles. The van der Waals surface area contributed by atoms with Gasteiger partial charge in [-0.15, -0.1) is 0 Å². The Kier molecular flexibility index (Phi) is 12.2. The van der Waals surface area contributed by atoms with Crippen LogP contribution in [0.5, 0.6) is 0 Å². The van der Waals surface area contributed by atoms with Crippen molar-refractivity contribution in [2.45, 2.75) is 70.8 Å². The number of hydrogen-bond acceptors (Lipinski definition) is 3. The molecule has 26 heavy (non-hydrogen) atoms. The number of benzene rings is 1. The van der Waals surface area contributed by atoms with E-state index in [2.05, 4.69) is 35.9 Å². The van der Waals surface area contributed by atoms with Gasteiger partial charge in [0, 0.05) is 6.42 Å². The summed E-state index contributed by atoms with van der Waals surface area (Å²) < 4.78 is 4.61. The molecule has 0 amide bonds. The van der Waals surface area contributed by atoms with Gasteiger partial charge in [-0.3, -0.25) is 4.79 Å². The SMILES string of the molecule is CCCCCC/C=C/c1ccccc1/C=C/[C@@H](O)CCCCC(=O)OC. The van der Waals surface area contributed by atoms with Crippen LogP contribution in [0.2, 0.25) is 0 Å². The van der Waals surface area contributed by atoms with Crippen molar-refractivity contribution in [3.63, 3.8) is 0 Å². The van der Waals surface area contributed by atoms with Crippen LogP contribution in [0.25, 0.3) is 12.2 Å². The number of rotatable bonds is 13. The summed E-state index contributed by atoms with van der Waals surface area (Å²) in [4.78, 5) is 11.1. The Morgan fingerprint density at radius 3 is 2.50 bits per heavy atom. The second-order valence-corrected chi connectivity index (χ2v) is 6.63. The maximum atomic E-state index is 11.1. The molecule has 1 aromatic rings. The third kappa shape index (κ3) is 10.2. The second-order valence-electron chi connectivity index (χ2n) is 6.63. The predicted molar refractivity (Wildman–Crippen MR) is 110 cm³/mol. The van der Waals surface area contributed by atoms with Crippen LogP contribution >= 0.6 is 0 Å². The van der Waals surface area contributed by atoms with Gasteiger partial charge in [-0.05, 0) is 43.2 Å². The van der Waals surface area contributed by atoms with E-state index in [0.717, 1.165) is 24.8 Å². The maximum absolute atomic E-state index is 11.1. The van der Waals surface area contributed by atoms with Crippen molar-refractivity contribution in [2.75, 3.05) is 7.11 Å². The molecule has 0 spiro atoms. The molecule has 0 aromatic heterocycles. The quantitative estimate of drug-likeness (QED) is 0.359. The lowest BCUT2D eigenvalue weighted by atomic mass is 10.0. The van der Waals surface area contributed by atoms with Gasteiger partial charge in [0.05, 0.1) is 13.2 Å². The fourth-order valence-electron chi connectivity index (χ4n) is 2.75. The monoisotopic (exact) mass is 358 g/mol. The van der Waals surface area contributed by atoms with E-state index in [1.165, 1.54) is 38.4 Å². The second kappa shape index (κ2) is 14.3. The van der Waals surface area contributed by atoms with Crippen molar-refractivity contribution in [1.82, 2.24) is 0 Å². The van der Waals surface area contributed by atoms with Gasteiger partial charge in [0.15, 0.2) is 0 Å². The average molecular weight is 359 g/mol. The molecule has 3 nitrogen and oxygen atoms in total. The van der Waals surface area contributed by atoms with Gasteiger partial charge in [-0.1, -0.05) is 74.8 Å². The fourth-order valence-corrected chi connectivity index (χ4v) is 2.75. The number of methoxy groups -OCH3 is 1. The lowest BCUT2D eigenvalue weighted by molar-refractivity contribution is -0.140. The number of esters is 1. The zero-order valence-electron chi connectivity index (χ0n) is 16.3. The highest BCUT2D eigenvalue weighted by Crippen LogP contribution is 2.15. The van der Waals surface area contributed by atoms with Gasteiger partial charge in [0.25, 0.3) is 0 Å². The van der Waals surface area contributed by atoms with Crippen LogP contribution in [-0.2, 0) is 9.53 Å². The number of unbranched alkanes of at least 4 members (excludes halogenated alkanes) is 5. The van der Waals surface area contributed by atoms with Crippen LogP contribution < -0.4 is 0 Å². The highest BCUT2D eigenvalue weighted by atomic mass is 16.5. The third-order valence-corrected chi connectivity index (χ3v) is 4.37. The molecular weight excluding hydrogens is 324 g/mol. The van der Waals surface area contributed by atoms with E-state index in [4.69, 9.17) is 0 Å². The number of carbonyl (C=O) groups is 1. The smallest absolute Gasteiger partial charge is 0.305 e. The van der Waals surface area contributed by atoms with E-state index in [1.54, 1.807) is 0 Å². The molecule has 0 heterocycles. The Balaban J connectivity index is 2.44. The van der Waals surface area contributed by atoms with E-state index in [1.807, 2.05) is 24.3 Å². The minimum Gasteiger partial charge on any atom is -0.469 e. The third-order valence-electron chi connectivity index (χ3n) is 4.37. The van der Waals surface area contributed by atoms with E-state index in [0.29, 0.717) is 12.8 Å². The van der Waals surface area contributed by atoms with Gasteiger partial charge < -0.3 is 9.84 Å². The van der Waals surface area contributed by atoms with E-state index >= 15 is 0 Å². The standard InChI is InChI=1S/C23H34O3/c1-3-4-5-6-7-8-13-20-14-9-10-15-21(20)18-19-22(24)16-11-12-17-23(25)26-2/h8-10,13-15,18-19,22,24H,3-7,11-12,16-17H2,1-2H3/b13-8+,19-18+/t22-/m0/s1. The summed E-state index contributed by atoms with van der Waals surface area (Å²) in [7, 11) is 1.40. The number of aliphatic hydroxyl groups excluding tert-OH is 1. The van der Waals surface area contributed by atoms with Crippen molar-refractivity contribution in [3.8, 4) is 0 Å². The molecule has 0 saturated heterocycles. The number of aliphatic hydroxyl groups is 1. The first kappa shape index (κ1) is 22.2. The van der Waals surface area contributed by atoms with Crippen molar-refractivity contribution in [1.29, 1.82) is 0 Å².